The van der Waals surface area contributed by atoms with E-state index in [1.807, 2.05) is 0 Å². The largest absolute Gasteiger partial charge is 0.395 e. The Morgan fingerprint density at radius 2 is 1.25 bits per heavy atom. The zero-order chi connectivity index (χ0) is 14.5. The second-order valence-electron chi connectivity index (χ2n) is 6.24. The molecule has 1 N–H and O–H groups in total. The summed E-state index contributed by atoms with van der Waals surface area (Å²) in [5.41, 5.74) is 0. The molecule has 20 heavy (non-hydrogen) atoms. The van der Waals surface area contributed by atoms with Crippen LogP contribution in [0.15, 0.2) is 0 Å². The van der Waals surface area contributed by atoms with Gasteiger partial charge in [-0.25, -0.2) is 0 Å². The monoisotopic (exact) mass is 284 g/mol. The minimum atomic E-state index is 0.304. The van der Waals surface area contributed by atoms with Crippen LogP contribution in [0.1, 0.15) is 64.7 Å². The minimum absolute atomic E-state index is 0.304. The number of hydrogen-bond acceptors (Lipinski definition) is 3. The van der Waals surface area contributed by atoms with Gasteiger partial charge in [0.15, 0.2) is 0 Å². The predicted octanol–water partition coefficient (Wildman–Crippen LogP) is 3.13. The van der Waals surface area contributed by atoms with Crippen molar-refractivity contribution in [3.63, 3.8) is 0 Å². The van der Waals surface area contributed by atoms with Crippen LogP contribution in [0.25, 0.3) is 0 Å². The molecule has 0 aromatic carbocycles. The predicted molar refractivity (Wildman–Crippen MR) is 87.2 cm³/mol. The second kappa shape index (κ2) is 12.6. The van der Waals surface area contributed by atoms with Gasteiger partial charge in [0.25, 0.3) is 0 Å². The fourth-order valence-electron chi connectivity index (χ4n) is 3.08. The highest BCUT2D eigenvalue weighted by Crippen LogP contribution is 2.10. The molecular weight excluding hydrogens is 248 g/mol. The molecule has 0 unspecified atom stereocenters. The zero-order valence-corrected chi connectivity index (χ0v) is 13.7. The first-order valence-electron chi connectivity index (χ1n) is 8.92. The van der Waals surface area contributed by atoms with Crippen molar-refractivity contribution in [1.82, 2.24) is 9.80 Å². The summed E-state index contributed by atoms with van der Waals surface area (Å²) in [7, 11) is 0. The van der Waals surface area contributed by atoms with Crippen LogP contribution in [-0.2, 0) is 0 Å². The van der Waals surface area contributed by atoms with Crippen molar-refractivity contribution in [1.29, 1.82) is 0 Å². The molecule has 3 heteroatoms. The summed E-state index contributed by atoms with van der Waals surface area (Å²) in [5.74, 6) is 0. The Hall–Kier alpha value is -0.120. The van der Waals surface area contributed by atoms with Crippen LogP contribution in [0.2, 0.25) is 0 Å². The van der Waals surface area contributed by atoms with Crippen LogP contribution in [0.3, 0.4) is 0 Å². The zero-order valence-electron chi connectivity index (χ0n) is 13.7. The molecule has 0 spiro atoms. The number of rotatable bonds is 11. The van der Waals surface area contributed by atoms with Crippen LogP contribution in [0.4, 0.5) is 0 Å². The van der Waals surface area contributed by atoms with Gasteiger partial charge >= 0.3 is 0 Å². The quantitative estimate of drug-likeness (QED) is 0.591. The number of aliphatic hydroxyl groups excluding tert-OH is 1. The SMILES string of the molecule is CCCCCCCCCCN1CCCN(CCO)CC1. The number of nitrogens with zero attached hydrogens (tertiary/aromatic N) is 2. The molecular formula is C17H36N2O. The van der Waals surface area contributed by atoms with Gasteiger partial charge in [-0.05, 0) is 32.5 Å². The highest BCUT2D eigenvalue weighted by Gasteiger charge is 2.13. The lowest BCUT2D eigenvalue weighted by molar-refractivity contribution is 0.196. The van der Waals surface area contributed by atoms with Gasteiger partial charge in [-0.1, -0.05) is 51.9 Å². The van der Waals surface area contributed by atoms with Crippen LogP contribution in [-0.4, -0.2) is 60.8 Å². The van der Waals surface area contributed by atoms with Crippen LogP contribution >= 0.6 is 0 Å². The molecule has 0 saturated carbocycles. The maximum absolute atomic E-state index is 9.00. The van der Waals surface area contributed by atoms with Gasteiger partial charge in [-0.3, -0.25) is 4.90 Å². The molecule has 1 aliphatic rings. The fourth-order valence-corrected chi connectivity index (χ4v) is 3.08. The Morgan fingerprint density at radius 1 is 0.700 bits per heavy atom. The number of hydrogen-bond donors (Lipinski definition) is 1. The number of β-amino-alcohol motifs (C(OH)–C–C–N with tert-alkyl or cyclic N) is 1. The van der Waals surface area contributed by atoms with Gasteiger partial charge in [0, 0.05) is 19.6 Å². The average Bonchev–Trinajstić information content (AvgIpc) is 2.68. The average molecular weight is 284 g/mol. The highest BCUT2D eigenvalue weighted by molar-refractivity contribution is 4.69. The van der Waals surface area contributed by atoms with E-state index in [9.17, 15) is 0 Å². The molecule has 0 bridgehead atoms. The molecule has 1 saturated heterocycles. The summed E-state index contributed by atoms with van der Waals surface area (Å²) in [4.78, 5) is 5.02. The summed E-state index contributed by atoms with van der Waals surface area (Å²) in [6.45, 7) is 9.45. The molecule has 0 aromatic rings. The highest BCUT2D eigenvalue weighted by atomic mass is 16.3. The van der Waals surface area contributed by atoms with Crippen molar-refractivity contribution in [3.8, 4) is 0 Å². The second-order valence-corrected chi connectivity index (χ2v) is 6.24. The summed E-state index contributed by atoms with van der Waals surface area (Å²) in [6.07, 6.45) is 12.5. The topological polar surface area (TPSA) is 26.7 Å². The molecule has 0 aliphatic carbocycles. The Morgan fingerprint density at radius 3 is 1.85 bits per heavy atom. The molecule has 0 amide bonds. The Balaban J connectivity index is 1.94. The van der Waals surface area contributed by atoms with E-state index in [2.05, 4.69) is 16.7 Å². The smallest absolute Gasteiger partial charge is 0.0558 e. The van der Waals surface area contributed by atoms with Crippen molar-refractivity contribution in [2.24, 2.45) is 0 Å². The van der Waals surface area contributed by atoms with Gasteiger partial charge in [-0.15, -0.1) is 0 Å². The third-order valence-corrected chi connectivity index (χ3v) is 4.43. The van der Waals surface area contributed by atoms with Gasteiger partial charge < -0.3 is 10.0 Å². The first-order chi connectivity index (χ1) is 9.86. The van der Waals surface area contributed by atoms with E-state index in [0.29, 0.717) is 6.61 Å². The summed E-state index contributed by atoms with van der Waals surface area (Å²) < 4.78 is 0. The van der Waals surface area contributed by atoms with Gasteiger partial charge in [0.2, 0.25) is 0 Å². The Kier molecular flexibility index (Phi) is 11.3. The number of unbranched alkanes of at least 4 members (excludes halogenated alkanes) is 7. The Bertz CT molecular complexity index is 211. The fraction of sp³-hybridized carbons (Fsp3) is 1.00. The van der Waals surface area contributed by atoms with E-state index in [4.69, 9.17) is 5.11 Å². The van der Waals surface area contributed by atoms with E-state index < -0.39 is 0 Å². The van der Waals surface area contributed by atoms with Crippen molar-refractivity contribution in [3.05, 3.63) is 0 Å². The van der Waals surface area contributed by atoms with Crippen molar-refractivity contribution in [2.45, 2.75) is 64.7 Å². The molecule has 120 valence electrons. The van der Waals surface area contributed by atoms with Crippen LogP contribution in [0, 0.1) is 0 Å². The lowest BCUT2D eigenvalue weighted by Crippen LogP contribution is -2.32. The van der Waals surface area contributed by atoms with E-state index in [0.717, 1.165) is 19.6 Å². The van der Waals surface area contributed by atoms with E-state index in [-0.39, 0.29) is 0 Å². The molecule has 1 heterocycles. The van der Waals surface area contributed by atoms with Crippen molar-refractivity contribution in [2.75, 3.05) is 45.9 Å². The lowest BCUT2D eigenvalue weighted by atomic mass is 10.1. The van der Waals surface area contributed by atoms with Gasteiger partial charge in [0.05, 0.1) is 6.61 Å². The normalized spacial score (nSPS) is 18.3. The third-order valence-electron chi connectivity index (χ3n) is 4.43. The van der Waals surface area contributed by atoms with Crippen LogP contribution < -0.4 is 0 Å². The minimum Gasteiger partial charge on any atom is -0.395 e. The van der Waals surface area contributed by atoms with Crippen LogP contribution in [0.5, 0.6) is 0 Å². The maximum Gasteiger partial charge on any atom is 0.0558 e. The molecule has 1 aliphatic heterocycles. The number of aliphatic hydroxyl groups is 1. The molecule has 0 atom stereocenters. The summed E-state index contributed by atoms with van der Waals surface area (Å²) in [6, 6.07) is 0. The summed E-state index contributed by atoms with van der Waals surface area (Å²) >= 11 is 0. The van der Waals surface area contributed by atoms with Crippen molar-refractivity contribution >= 4 is 0 Å². The van der Waals surface area contributed by atoms with E-state index in [1.165, 1.54) is 77.4 Å². The van der Waals surface area contributed by atoms with E-state index >= 15 is 0 Å². The van der Waals surface area contributed by atoms with Gasteiger partial charge in [-0.2, -0.15) is 0 Å². The molecule has 1 rings (SSSR count). The third kappa shape index (κ3) is 8.93. The molecule has 0 radical (unpaired) electrons. The first-order valence-corrected chi connectivity index (χ1v) is 8.92. The maximum atomic E-state index is 9.00. The standard InChI is InChI=1S/C17H36N2O/c1-2-3-4-5-6-7-8-9-11-18-12-10-13-19(15-14-18)16-17-20/h20H,2-17H2,1H3. The van der Waals surface area contributed by atoms with Crippen molar-refractivity contribution < 1.29 is 5.11 Å². The molecule has 1 fully saturated rings. The van der Waals surface area contributed by atoms with E-state index in [1.54, 1.807) is 0 Å². The Labute approximate surface area is 126 Å². The first kappa shape index (κ1) is 17.9. The molecule has 3 nitrogen and oxygen atoms in total. The summed E-state index contributed by atoms with van der Waals surface area (Å²) in [5, 5.41) is 9.00. The lowest BCUT2D eigenvalue weighted by Gasteiger charge is -2.21. The van der Waals surface area contributed by atoms with Gasteiger partial charge in [0.1, 0.15) is 0 Å². The molecule has 0 aromatic heterocycles.